The van der Waals surface area contributed by atoms with Crippen molar-refractivity contribution in [1.29, 1.82) is 0 Å². The molecule has 1 aliphatic rings. The van der Waals surface area contributed by atoms with Crippen LogP contribution in [0.1, 0.15) is 36.3 Å². The van der Waals surface area contributed by atoms with Crippen LogP contribution in [0, 0.1) is 5.92 Å². The zero-order chi connectivity index (χ0) is 13.1. The van der Waals surface area contributed by atoms with Gasteiger partial charge in [0.1, 0.15) is 0 Å². The maximum absolute atomic E-state index is 11.8. The summed E-state index contributed by atoms with van der Waals surface area (Å²) in [6.07, 6.45) is 2.78. The van der Waals surface area contributed by atoms with Crippen molar-refractivity contribution in [3.63, 3.8) is 0 Å². The Morgan fingerprint density at radius 1 is 1.50 bits per heavy atom. The van der Waals surface area contributed by atoms with Crippen molar-refractivity contribution in [2.75, 3.05) is 11.9 Å². The molecule has 1 aromatic rings. The molecule has 0 bridgehead atoms. The smallest absolute Gasteiger partial charge is 0.321 e. The fraction of sp³-hybridized carbons (Fsp3) is 0.500. The van der Waals surface area contributed by atoms with Gasteiger partial charge < -0.3 is 5.32 Å². The lowest BCUT2D eigenvalue weighted by Gasteiger charge is -2.19. The minimum Gasteiger partial charge on any atom is -0.338 e. The maximum atomic E-state index is 11.8. The number of anilines is 1. The first-order chi connectivity index (χ1) is 8.60. The van der Waals surface area contributed by atoms with Crippen LogP contribution >= 0.6 is 0 Å². The predicted molar refractivity (Wildman–Crippen MR) is 66.5 cm³/mol. The van der Waals surface area contributed by atoms with Gasteiger partial charge in [0.05, 0.1) is 11.3 Å². The number of carbonyl (C=O) groups excluding carboxylic acids is 2. The van der Waals surface area contributed by atoms with E-state index in [2.05, 4.69) is 20.6 Å². The van der Waals surface area contributed by atoms with E-state index in [4.69, 9.17) is 0 Å². The molecule has 1 aromatic heterocycles. The van der Waals surface area contributed by atoms with Crippen molar-refractivity contribution in [1.82, 2.24) is 15.3 Å². The molecule has 1 heterocycles. The Kier molecular flexibility index (Phi) is 3.55. The van der Waals surface area contributed by atoms with Gasteiger partial charge in [-0.1, -0.05) is 6.92 Å². The molecule has 6 heteroatoms. The van der Waals surface area contributed by atoms with Crippen LogP contribution in [-0.4, -0.2) is 28.3 Å². The number of hydrogen-bond acceptors (Lipinski definition) is 4. The molecule has 0 saturated heterocycles. The second-order valence-electron chi connectivity index (χ2n) is 4.48. The maximum Gasteiger partial charge on any atom is 0.321 e. The van der Waals surface area contributed by atoms with Gasteiger partial charge in [-0.15, -0.1) is 0 Å². The van der Waals surface area contributed by atoms with Gasteiger partial charge >= 0.3 is 6.03 Å². The Bertz CT molecular complexity index is 487. The van der Waals surface area contributed by atoms with Crippen LogP contribution in [0.2, 0.25) is 0 Å². The molecule has 1 atom stereocenters. The van der Waals surface area contributed by atoms with Crippen LogP contribution in [0.4, 0.5) is 10.7 Å². The minimum atomic E-state index is -0.340. The Labute approximate surface area is 105 Å². The van der Waals surface area contributed by atoms with Crippen molar-refractivity contribution in [3.8, 4) is 0 Å². The molecule has 0 radical (unpaired) electrons. The molecule has 0 aliphatic heterocycles. The second-order valence-corrected chi connectivity index (χ2v) is 4.48. The normalized spacial score (nSPS) is 18.1. The number of rotatable bonds is 2. The predicted octanol–water partition coefficient (Wildman–Crippen LogP) is 1.38. The number of nitrogens with zero attached hydrogens (tertiary/aromatic N) is 2. The lowest BCUT2D eigenvalue weighted by Crippen LogP contribution is -2.29. The molecule has 0 unspecified atom stereocenters. The summed E-state index contributed by atoms with van der Waals surface area (Å²) in [5.41, 5.74) is 1.30. The topological polar surface area (TPSA) is 84.0 Å². The first-order valence-electron chi connectivity index (χ1n) is 6.04. The number of urea groups is 1. The molecule has 18 heavy (non-hydrogen) atoms. The third-order valence-electron chi connectivity index (χ3n) is 2.81. The highest BCUT2D eigenvalue weighted by Crippen LogP contribution is 2.23. The van der Waals surface area contributed by atoms with Gasteiger partial charge in [0.2, 0.25) is 5.95 Å². The zero-order valence-electron chi connectivity index (χ0n) is 10.5. The average Bonchev–Trinajstić information content (AvgIpc) is 2.28. The molecule has 0 aromatic carbocycles. The van der Waals surface area contributed by atoms with Crippen LogP contribution in [0.5, 0.6) is 0 Å². The standard InChI is InChI=1S/C12H16N4O2/c1-3-13-12(18)16-11-14-6-8-9(15-11)4-7(2)5-10(8)17/h6-7H,3-5H2,1-2H3,(H2,13,14,15,16,18)/t7-/m0/s1. The van der Waals surface area contributed by atoms with Gasteiger partial charge in [0, 0.05) is 19.2 Å². The lowest BCUT2D eigenvalue weighted by molar-refractivity contribution is 0.0951. The molecule has 2 amide bonds. The number of Topliss-reactive ketones (excluding diaryl/α,β-unsaturated/α-hetero) is 1. The summed E-state index contributed by atoms with van der Waals surface area (Å²) in [4.78, 5) is 31.3. The van der Waals surface area contributed by atoms with Crippen LogP contribution in [0.15, 0.2) is 6.20 Å². The zero-order valence-corrected chi connectivity index (χ0v) is 10.5. The van der Waals surface area contributed by atoms with Crippen LogP contribution < -0.4 is 10.6 Å². The summed E-state index contributed by atoms with van der Waals surface area (Å²) in [5.74, 6) is 0.604. The van der Waals surface area contributed by atoms with E-state index < -0.39 is 0 Å². The molecule has 2 N–H and O–H groups in total. The fourth-order valence-corrected chi connectivity index (χ4v) is 2.00. The average molecular weight is 248 g/mol. The molecule has 6 nitrogen and oxygen atoms in total. The number of carbonyl (C=O) groups is 2. The summed E-state index contributed by atoms with van der Waals surface area (Å²) < 4.78 is 0. The van der Waals surface area contributed by atoms with Gasteiger partial charge in [-0.2, -0.15) is 0 Å². The van der Waals surface area contributed by atoms with Crippen molar-refractivity contribution in [2.45, 2.75) is 26.7 Å². The molecular weight excluding hydrogens is 232 g/mol. The lowest BCUT2D eigenvalue weighted by atomic mass is 9.88. The molecule has 0 fully saturated rings. The summed E-state index contributed by atoms with van der Waals surface area (Å²) in [6.45, 7) is 4.37. The third-order valence-corrected chi connectivity index (χ3v) is 2.81. The van der Waals surface area contributed by atoms with Crippen LogP contribution in [0.25, 0.3) is 0 Å². The van der Waals surface area contributed by atoms with E-state index in [1.165, 1.54) is 6.20 Å². The number of amides is 2. The van der Waals surface area contributed by atoms with E-state index in [1.54, 1.807) is 0 Å². The van der Waals surface area contributed by atoms with Gasteiger partial charge in [-0.25, -0.2) is 14.8 Å². The molecular formula is C12H16N4O2. The van der Waals surface area contributed by atoms with Crippen molar-refractivity contribution < 1.29 is 9.59 Å². The van der Waals surface area contributed by atoms with Gasteiger partial charge in [-0.05, 0) is 19.3 Å². The Morgan fingerprint density at radius 2 is 2.28 bits per heavy atom. The van der Waals surface area contributed by atoms with Crippen molar-refractivity contribution in [3.05, 3.63) is 17.5 Å². The highest BCUT2D eigenvalue weighted by molar-refractivity contribution is 5.98. The van der Waals surface area contributed by atoms with E-state index in [9.17, 15) is 9.59 Å². The number of aromatic nitrogens is 2. The molecule has 96 valence electrons. The number of hydrogen-bond donors (Lipinski definition) is 2. The first kappa shape index (κ1) is 12.5. The molecule has 1 aliphatic carbocycles. The van der Waals surface area contributed by atoms with Crippen molar-refractivity contribution >= 4 is 17.8 Å². The van der Waals surface area contributed by atoms with Gasteiger partial charge in [0.25, 0.3) is 0 Å². The quantitative estimate of drug-likeness (QED) is 0.828. The molecule has 0 spiro atoms. The molecule has 0 saturated carbocycles. The number of nitrogens with one attached hydrogen (secondary N) is 2. The van der Waals surface area contributed by atoms with Gasteiger partial charge in [0.15, 0.2) is 5.78 Å². The summed E-state index contributed by atoms with van der Waals surface area (Å²) in [6, 6.07) is -0.340. The Hall–Kier alpha value is -1.98. The SMILES string of the molecule is CCNC(=O)Nc1ncc2c(n1)C[C@H](C)CC2=O. The highest BCUT2D eigenvalue weighted by atomic mass is 16.2. The Morgan fingerprint density at radius 3 is 3.00 bits per heavy atom. The number of fused-ring (bicyclic) bond motifs is 1. The van der Waals surface area contributed by atoms with E-state index in [0.717, 1.165) is 12.1 Å². The van der Waals surface area contributed by atoms with Gasteiger partial charge in [-0.3, -0.25) is 10.1 Å². The largest absolute Gasteiger partial charge is 0.338 e. The van der Waals surface area contributed by atoms with E-state index in [0.29, 0.717) is 18.5 Å². The van der Waals surface area contributed by atoms with Crippen LogP contribution in [-0.2, 0) is 6.42 Å². The van der Waals surface area contributed by atoms with Crippen molar-refractivity contribution in [2.24, 2.45) is 5.92 Å². The first-order valence-corrected chi connectivity index (χ1v) is 6.04. The fourth-order valence-electron chi connectivity index (χ4n) is 2.00. The van der Waals surface area contributed by atoms with E-state index >= 15 is 0 Å². The van der Waals surface area contributed by atoms with Crippen LogP contribution in [0.3, 0.4) is 0 Å². The number of ketones is 1. The highest BCUT2D eigenvalue weighted by Gasteiger charge is 2.24. The minimum absolute atomic E-state index is 0.0771. The van der Waals surface area contributed by atoms with E-state index in [-0.39, 0.29) is 23.7 Å². The summed E-state index contributed by atoms with van der Waals surface area (Å²) >= 11 is 0. The monoisotopic (exact) mass is 248 g/mol. The molecule has 2 rings (SSSR count). The Balaban J connectivity index is 2.19. The van der Waals surface area contributed by atoms with E-state index in [1.807, 2.05) is 13.8 Å². The third kappa shape index (κ3) is 2.64. The summed E-state index contributed by atoms with van der Waals surface area (Å²) in [5, 5.41) is 5.13. The summed E-state index contributed by atoms with van der Waals surface area (Å²) in [7, 11) is 0. The second kappa shape index (κ2) is 5.12.